The molecular formula is C13H22N2S. The normalized spacial score (nSPS) is 19.6. The summed E-state index contributed by atoms with van der Waals surface area (Å²) in [5.74, 6) is 0. The highest BCUT2D eigenvalue weighted by molar-refractivity contribution is 7.10. The molecule has 1 aliphatic rings. The Morgan fingerprint density at radius 3 is 2.94 bits per heavy atom. The molecule has 0 saturated heterocycles. The van der Waals surface area contributed by atoms with Gasteiger partial charge in [-0.05, 0) is 36.1 Å². The highest BCUT2D eigenvalue weighted by atomic mass is 32.1. The van der Waals surface area contributed by atoms with Crippen molar-refractivity contribution in [3.8, 4) is 0 Å². The summed E-state index contributed by atoms with van der Waals surface area (Å²) < 4.78 is 0. The summed E-state index contributed by atoms with van der Waals surface area (Å²) in [5, 5.41) is 5.63. The van der Waals surface area contributed by atoms with Gasteiger partial charge in [0.2, 0.25) is 0 Å². The molecule has 1 unspecified atom stereocenters. The number of rotatable bonds is 7. The molecule has 16 heavy (non-hydrogen) atoms. The van der Waals surface area contributed by atoms with Crippen LogP contribution in [0.3, 0.4) is 0 Å². The molecule has 0 radical (unpaired) electrons. The quantitative estimate of drug-likeness (QED) is 0.766. The zero-order chi connectivity index (χ0) is 11.4. The molecule has 0 amide bonds. The topological polar surface area (TPSA) is 38.0 Å². The maximum atomic E-state index is 6.11. The van der Waals surface area contributed by atoms with Crippen LogP contribution in [-0.4, -0.2) is 13.1 Å². The van der Waals surface area contributed by atoms with E-state index in [0.717, 1.165) is 13.1 Å². The molecule has 1 saturated carbocycles. The summed E-state index contributed by atoms with van der Waals surface area (Å²) in [6, 6.07) is 4.35. The van der Waals surface area contributed by atoms with Gasteiger partial charge in [-0.3, -0.25) is 0 Å². The molecule has 1 atom stereocenters. The summed E-state index contributed by atoms with van der Waals surface area (Å²) >= 11 is 1.75. The molecule has 3 heteroatoms. The fourth-order valence-electron chi connectivity index (χ4n) is 2.32. The third-order valence-electron chi connectivity index (χ3n) is 3.51. The summed E-state index contributed by atoms with van der Waals surface area (Å²) in [6.45, 7) is 4.34. The predicted octanol–water partition coefficient (Wildman–Crippen LogP) is 2.92. The van der Waals surface area contributed by atoms with Crippen LogP contribution in [0.5, 0.6) is 0 Å². The number of nitrogens with two attached hydrogens (primary N) is 1. The Hall–Kier alpha value is -0.380. The van der Waals surface area contributed by atoms with Gasteiger partial charge < -0.3 is 11.1 Å². The lowest BCUT2D eigenvalue weighted by Crippen LogP contribution is -2.31. The van der Waals surface area contributed by atoms with Crippen LogP contribution in [0.4, 0.5) is 0 Å². The molecule has 0 aromatic carbocycles. The molecule has 2 rings (SSSR count). The van der Waals surface area contributed by atoms with Crippen molar-refractivity contribution in [2.24, 2.45) is 11.1 Å². The van der Waals surface area contributed by atoms with Gasteiger partial charge in [0, 0.05) is 18.0 Å². The third-order valence-corrected chi connectivity index (χ3v) is 4.51. The Kier molecular flexibility index (Phi) is 4.00. The van der Waals surface area contributed by atoms with Crippen molar-refractivity contribution in [2.75, 3.05) is 13.1 Å². The molecule has 3 N–H and O–H groups in total. The second-order valence-corrected chi connectivity index (χ2v) is 5.98. The van der Waals surface area contributed by atoms with Gasteiger partial charge in [-0.2, -0.15) is 0 Å². The smallest absolute Gasteiger partial charge is 0.0516 e. The summed E-state index contributed by atoms with van der Waals surface area (Å²) in [7, 11) is 0. The van der Waals surface area contributed by atoms with E-state index in [4.69, 9.17) is 5.73 Å². The molecule has 0 spiro atoms. The Morgan fingerprint density at radius 1 is 1.56 bits per heavy atom. The van der Waals surface area contributed by atoms with Gasteiger partial charge in [0.1, 0.15) is 0 Å². The fraction of sp³-hybridized carbons (Fsp3) is 0.692. The van der Waals surface area contributed by atoms with Crippen LogP contribution in [0.1, 0.15) is 43.5 Å². The van der Waals surface area contributed by atoms with Gasteiger partial charge in [0.15, 0.2) is 0 Å². The van der Waals surface area contributed by atoms with Crippen LogP contribution in [0, 0.1) is 5.41 Å². The molecule has 1 fully saturated rings. The first-order valence-corrected chi connectivity index (χ1v) is 7.13. The van der Waals surface area contributed by atoms with E-state index < -0.39 is 0 Å². The SMILES string of the molecule is CCCC1(CNCC(N)c2cccs2)CC1. The highest BCUT2D eigenvalue weighted by Gasteiger charge is 2.40. The van der Waals surface area contributed by atoms with Gasteiger partial charge in [0.25, 0.3) is 0 Å². The Morgan fingerprint density at radius 2 is 2.38 bits per heavy atom. The van der Waals surface area contributed by atoms with Crippen molar-refractivity contribution in [1.29, 1.82) is 0 Å². The largest absolute Gasteiger partial charge is 0.322 e. The Labute approximate surface area is 102 Å². The molecule has 1 heterocycles. The zero-order valence-corrected chi connectivity index (χ0v) is 10.9. The zero-order valence-electron chi connectivity index (χ0n) is 10.0. The Balaban J connectivity index is 1.68. The van der Waals surface area contributed by atoms with Crippen LogP contribution in [0.2, 0.25) is 0 Å². The Bertz CT molecular complexity index is 304. The number of thiophene rings is 1. The van der Waals surface area contributed by atoms with Crippen molar-refractivity contribution in [2.45, 2.75) is 38.6 Å². The first-order chi connectivity index (χ1) is 7.76. The molecule has 1 aromatic rings. The van der Waals surface area contributed by atoms with Crippen molar-refractivity contribution in [1.82, 2.24) is 5.32 Å². The minimum Gasteiger partial charge on any atom is -0.322 e. The van der Waals surface area contributed by atoms with Crippen LogP contribution >= 0.6 is 11.3 Å². The molecule has 1 aliphatic carbocycles. The fourth-order valence-corrected chi connectivity index (χ4v) is 3.05. The summed E-state index contributed by atoms with van der Waals surface area (Å²) in [4.78, 5) is 1.29. The number of hydrogen-bond donors (Lipinski definition) is 2. The second-order valence-electron chi connectivity index (χ2n) is 5.00. The van der Waals surface area contributed by atoms with Crippen molar-refractivity contribution >= 4 is 11.3 Å². The van der Waals surface area contributed by atoms with E-state index >= 15 is 0 Å². The number of hydrogen-bond acceptors (Lipinski definition) is 3. The summed E-state index contributed by atoms with van der Waals surface area (Å²) in [6.07, 6.45) is 5.48. The first-order valence-electron chi connectivity index (χ1n) is 6.25. The van der Waals surface area contributed by atoms with Crippen LogP contribution in [0.15, 0.2) is 17.5 Å². The van der Waals surface area contributed by atoms with E-state index in [1.54, 1.807) is 11.3 Å². The minimum atomic E-state index is 0.164. The highest BCUT2D eigenvalue weighted by Crippen LogP contribution is 2.48. The average Bonchev–Trinajstić information content (AvgIpc) is 2.83. The van der Waals surface area contributed by atoms with Gasteiger partial charge >= 0.3 is 0 Å². The van der Waals surface area contributed by atoms with Crippen molar-refractivity contribution in [3.05, 3.63) is 22.4 Å². The maximum Gasteiger partial charge on any atom is 0.0516 e. The van der Waals surface area contributed by atoms with Crippen LogP contribution in [0.25, 0.3) is 0 Å². The second kappa shape index (κ2) is 5.30. The van der Waals surface area contributed by atoms with E-state index in [1.165, 1.54) is 30.6 Å². The maximum absolute atomic E-state index is 6.11. The van der Waals surface area contributed by atoms with E-state index in [1.807, 2.05) is 0 Å². The lowest BCUT2D eigenvalue weighted by atomic mass is 10.0. The molecule has 1 aromatic heterocycles. The van der Waals surface area contributed by atoms with Gasteiger partial charge in [-0.15, -0.1) is 11.3 Å². The predicted molar refractivity (Wildman–Crippen MR) is 70.7 cm³/mol. The molecule has 0 bridgehead atoms. The molecular weight excluding hydrogens is 216 g/mol. The lowest BCUT2D eigenvalue weighted by molar-refractivity contribution is 0.414. The first kappa shape index (κ1) is 12.1. The lowest BCUT2D eigenvalue weighted by Gasteiger charge is -2.17. The van der Waals surface area contributed by atoms with Crippen LogP contribution in [-0.2, 0) is 0 Å². The van der Waals surface area contributed by atoms with Gasteiger partial charge in [-0.25, -0.2) is 0 Å². The standard InChI is InChI=1S/C13H22N2S/c1-2-5-13(6-7-13)10-15-9-11(14)12-4-3-8-16-12/h3-4,8,11,15H,2,5-7,9-10,14H2,1H3. The van der Waals surface area contributed by atoms with E-state index in [-0.39, 0.29) is 6.04 Å². The van der Waals surface area contributed by atoms with E-state index in [9.17, 15) is 0 Å². The van der Waals surface area contributed by atoms with Crippen molar-refractivity contribution < 1.29 is 0 Å². The van der Waals surface area contributed by atoms with Gasteiger partial charge in [-0.1, -0.05) is 19.4 Å². The third kappa shape index (κ3) is 3.06. The van der Waals surface area contributed by atoms with E-state index in [2.05, 4.69) is 29.8 Å². The van der Waals surface area contributed by atoms with Crippen LogP contribution < -0.4 is 11.1 Å². The molecule has 0 aliphatic heterocycles. The monoisotopic (exact) mass is 238 g/mol. The van der Waals surface area contributed by atoms with Gasteiger partial charge in [0.05, 0.1) is 6.04 Å². The van der Waals surface area contributed by atoms with Crippen molar-refractivity contribution in [3.63, 3.8) is 0 Å². The average molecular weight is 238 g/mol. The minimum absolute atomic E-state index is 0.164. The molecule has 2 nitrogen and oxygen atoms in total. The van der Waals surface area contributed by atoms with E-state index in [0.29, 0.717) is 5.41 Å². The summed E-state index contributed by atoms with van der Waals surface area (Å²) in [5.41, 5.74) is 6.74. The number of nitrogens with one attached hydrogen (secondary N) is 1. The molecule has 90 valence electrons.